The van der Waals surface area contributed by atoms with Gasteiger partial charge >= 0.3 is 0 Å². The molecule has 3 heteroatoms. The number of benzene rings is 2. The second-order valence-corrected chi connectivity index (χ2v) is 4.32. The van der Waals surface area contributed by atoms with E-state index in [1.54, 1.807) is 6.07 Å². The summed E-state index contributed by atoms with van der Waals surface area (Å²) in [5.41, 5.74) is 6.88. The normalized spacial score (nSPS) is 16.9. The van der Waals surface area contributed by atoms with Gasteiger partial charge in [-0.25, -0.2) is 4.99 Å². The second kappa shape index (κ2) is 3.68. The van der Waals surface area contributed by atoms with Crippen molar-refractivity contribution in [2.24, 2.45) is 10.7 Å². The minimum absolute atomic E-state index is 0.0825. The maximum absolute atomic E-state index is 8.02. The summed E-state index contributed by atoms with van der Waals surface area (Å²) in [6, 6.07) is 6.57. The fraction of sp³-hybridized carbons (Fsp3) is 0. The maximum Gasteiger partial charge on any atom is 0.132 e. The highest BCUT2D eigenvalue weighted by molar-refractivity contribution is 7.99. The predicted octanol–water partition coefficient (Wildman–Crippen LogP) is 3.19. The molecule has 1 aliphatic heterocycles. The average molecular weight is 230 g/mol. The van der Waals surface area contributed by atoms with Crippen molar-refractivity contribution in [1.82, 2.24) is 0 Å². The lowest BCUT2D eigenvalue weighted by molar-refractivity contribution is 1.37. The van der Waals surface area contributed by atoms with Crippen LogP contribution in [0.15, 0.2) is 63.2 Å². The Morgan fingerprint density at radius 3 is 2.88 bits per heavy atom. The van der Waals surface area contributed by atoms with Crippen LogP contribution in [0.3, 0.4) is 0 Å². The van der Waals surface area contributed by atoms with E-state index in [0.717, 1.165) is 4.90 Å². The van der Waals surface area contributed by atoms with Crippen molar-refractivity contribution in [3.05, 3.63) is 54.0 Å². The summed E-state index contributed by atoms with van der Waals surface area (Å²) in [6.45, 7) is 0. The van der Waals surface area contributed by atoms with Crippen molar-refractivity contribution in [2.45, 2.75) is 9.79 Å². The van der Waals surface area contributed by atoms with Gasteiger partial charge in [-0.1, -0.05) is 42.0 Å². The Kier molecular flexibility index (Phi) is 1.41. The fourth-order valence-electron chi connectivity index (χ4n) is 1.49. The quantitative estimate of drug-likeness (QED) is 0.754. The number of nitrogens with zero attached hydrogens (tertiary/aromatic N) is 1. The van der Waals surface area contributed by atoms with E-state index >= 15 is 0 Å². The minimum Gasteiger partial charge on any atom is -0.383 e. The molecule has 0 atom stereocenters. The molecule has 2 nitrogen and oxygen atoms in total. The molecule has 3 rings (SSSR count). The molecule has 1 aliphatic rings. The summed E-state index contributed by atoms with van der Waals surface area (Å²) >= 11 is 1.27. The molecule has 0 aliphatic carbocycles. The van der Waals surface area contributed by atoms with Crippen molar-refractivity contribution >= 4 is 23.3 Å². The van der Waals surface area contributed by atoms with Crippen LogP contribution >= 0.6 is 11.8 Å². The highest BCUT2D eigenvalue weighted by Crippen LogP contribution is 2.39. The van der Waals surface area contributed by atoms with E-state index in [1.807, 2.05) is 18.2 Å². The molecule has 0 unspecified atom stereocenters. The van der Waals surface area contributed by atoms with Crippen molar-refractivity contribution in [3.63, 3.8) is 0 Å². The van der Waals surface area contributed by atoms with Crippen LogP contribution in [0.25, 0.3) is 0 Å². The molecule has 2 N–H and O–H groups in total. The number of aliphatic imine (C=N–C) groups is 1. The minimum atomic E-state index is -0.293. The highest BCUT2D eigenvalue weighted by atomic mass is 32.2. The van der Waals surface area contributed by atoms with Crippen molar-refractivity contribution in [1.29, 1.82) is 0 Å². The van der Waals surface area contributed by atoms with Gasteiger partial charge in [-0.15, -0.1) is 0 Å². The molecule has 0 fully saturated rings. The summed E-state index contributed by atoms with van der Waals surface area (Å²) in [5.74, 6) is 0.115. The first-order chi connectivity index (χ1) is 9.50. The lowest BCUT2D eigenvalue weighted by Gasteiger charge is -2.04. The van der Waals surface area contributed by atoms with E-state index in [2.05, 4.69) is 4.99 Å². The van der Waals surface area contributed by atoms with Gasteiger partial charge in [-0.2, -0.15) is 0 Å². The number of amidine groups is 1. The Balaban J connectivity index is 2.38. The van der Waals surface area contributed by atoms with Crippen LogP contribution in [0.5, 0.6) is 0 Å². The smallest absolute Gasteiger partial charge is 0.132 e. The van der Waals surface area contributed by atoms with Crippen molar-refractivity contribution < 1.29 is 5.48 Å². The van der Waals surface area contributed by atoms with Gasteiger partial charge in [0.05, 0.1) is 11.2 Å². The third-order valence-corrected chi connectivity index (χ3v) is 3.30. The number of hydrogen-bond donors (Lipinski definition) is 1. The van der Waals surface area contributed by atoms with Gasteiger partial charge in [0.1, 0.15) is 5.84 Å². The van der Waals surface area contributed by atoms with Crippen LogP contribution in [0.4, 0.5) is 5.69 Å². The lowest BCUT2D eigenvalue weighted by Crippen LogP contribution is -2.12. The fourth-order valence-corrected chi connectivity index (χ4v) is 2.43. The van der Waals surface area contributed by atoms with E-state index in [1.165, 1.54) is 11.8 Å². The summed E-state index contributed by atoms with van der Waals surface area (Å²) in [5, 5.41) is 0. The Morgan fingerprint density at radius 2 is 1.94 bits per heavy atom. The monoisotopic (exact) mass is 230 g/mol. The van der Waals surface area contributed by atoms with Crippen molar-refractivity contribution in [2.75, 3.05) is 0 Å². The van der Waals surface area contributed by atoms with Crippen LogP contribution in [0, 0.1) is 0 Å². The average Bonchev–Trinajstić information content (AvgIpc) is 2.58. The zero-order valence-corrected chi connectivity index (χ0v) is 9.06. The number of nitrogens with two attached hydrogens (primary N) is 1. The number of hydrogen-bond acceptors (Lipinski definition) is 3. The second-order valence-electron chi connectivity index (χ2n) is 3.27. The van der Waals surface area contributed by atoms with Gasteiger partial charge in [-0.3, -0.25) is 0 Å². The van der Waals surface area contributed by atoms with Crippen LogP contribution in [0.1, 0.15) is 11.0 Å². The number of fused-ring (bicyclic) bond motifs is 2. The molecule has 0 aromatic heterocycles. The molecule has 0 saturated heterocycles. The van der Waals surface area contributed by atoms with Gasteiger partial charge in [0.15, 0.2) is 0 Å². The zero-order chi connectivity index (χ0) is 14.4. The number of rotatable bonds is 0. The molecule has 16 heavy (non-hydrogen) atoms. The lowest BCUT2D eigenvalue weighted by atomic mass is 10.2. The van der Waals surface area contributed by atoms with Gasteiger partial charge in [-0.05, 0) is 18.2 Å². The first kappa shape index (κ1) is 6.11. The molecule has 0 spiro atoms. The van der Waals surface area contributed by atoms with Gasteiger partial charge < -0.3 is 5.73 Å². The highest BCUT2D eigenvalue weighted by Gasteiger charge is 2.13. The van der Waals surface area contributed by atoms with Crippen LogP contribution < -0.4 is 5.73 Å². The van der Waals surface area contributed by atoms with Gasteiger partial charge in [0.2, 0.25) is 0 Å². The maximum atomic E-state index is 8.02. The summed E-state index contributed by atoms with van der Waals surface area (Å²) in [4.78, 5) is 5.52. The van der Waals surface area contributed by atoms with Gasteiger partial charge in [0, 0.05) is 15.4 Å². The third kappa shape index (κ3) is 1.49. The Hall–Kier alpha value is -1.74. The Bertz CT molecular complexity index is 759. The van der Waals surface area contributed by atoms with E-state index in [4.69, 9.17) is 11.2 Å². The van der Waals surface area contributed by atoms with Crippen LogP contribution in [-0.2, 0) is 0 Å². The third-order valence-electron chi connectivity index (χ3n) is 2.23. The zero-order valence-electron chi connectivity index (χ0n) is 12.2. The summed E-state index contributed by atoms with van der Waals surface area (Å²) in [7, 11) is 0. The largest absolute Gasteiger partial charge is 0.383 e. The molecule has 2 aromatic carbocycles. The molecule has 1 heterocycles. The molecule has 2 aromatic rings. The van der Waals surface area contributed by atoms with E-state index < -0.39 is 0 Å². The molecular formula is C13H10N2S. The summed E-state index contributed by atoms with van der Waals surface area (Å²) in [6.07, 6.45) is 0. The Morgan fingerprint density at radius 1 is 1.12 bits per heavy atom. The Labute approximate surface area is 104 Å². The van der Waals surface area contributed by atoms with Crippen LogP contribution in [-0.4, -0.2) is 5.84 Å². The molecule has 0 radical (unpaired) electrons. The first-order valence-corrected chi connectivity index (χ1v) is 5.54. The molecule has 0 saturated carbocycles. The van der Waals surface area contributed by atoms with Crippen LogP contribution in [0.2, 0.25) is 0 Å². The van der Waals surface area contributed by atoms with Gasteiger partial charge in [0.25, 0.3) is 0 Å². The summed E-state index contributed by atoms with van der Waals surface area (Å²) < 4.78 is 31.5. The molecule has 0 bridgehead atoms. The van der Waals surface area contributed by atoms with E-state index in [0.29, 0.717) is 10.6 Å². The van der Waals surface area contributed by atoms with E-state index in [-0.39, 0.29) is 35.6 Å². The SMILES string of the molecule is [2H]c1c([2H])c([2H])c2c(c1[2H])Sc1ccccc1N=C2N. The predicted molar refractivity (Wildman–Crippen MR) is 67.4 cm³/mol. The topological polar surface area (TPSA) is 38.4 Å². The molecule has 78 valence electrons. The first-order valence-electron chi connectivity index (χ1n) is 6.72. The van der Waals surface area contributed by atoms with Crippen molar-refractivity contribution in [3.8, 4) is 0 Å². The number of para-hydroxylation sites is 1. The standard InChI is InChI=1S/C13H10N2S/c14-13-9-5-1-3-7-11(9)16-12-8-4-2-6-10(12)15-13/h1-8H,(H2,14,15)/i1D,3D,5D,7D. The molecule has 0 amide bonds. The molecular weight excluding hydrogens is 216 g/mol. The van der Waals surface area contributed by atoms with E-state index in [9.17, 15) is 0 Å².